The SMILES string of the molecule is CCCC(C#N)(CCC)C(=O)N(C)Cc1ccccc1F. The lowest BCUT2D eigenvalue weighted by Gasteiger charge is -2.30. The molecule has 3 nitrogen and oxygen atoms in total. The molecule has 0 atom stereocenters. The van der Waals surface area contributed by atoms with Gasteiger partial charge in [0, 0.05) is 19.2 Å². The second-order valence-electron chi connectivity index (χ2n) is 5.45. The smallest absolute Gasteiger partial charge is 0.243 e. The minimum Gasteiger partial charge on any atom is -0.340 e. The number of rotatable bonds is 7. The van der Waals surface area contributed by atoms with Crippen LogP contribution in [0.5, 0.6) is 0 Å². The van der Waals surface area contributed by atoms with Gasteiger partial charge in [0.05, 0.1) is 6.07 Å². The molecule has 0 heterocycles. The Kier molecular flexibility index (Phi) is 6.36. The lowest BCUT2D eigenvalue weighted by atomic mass is 9.79. The average Bonchev–Trinajstić information content (AvgIpc) is 2.48. The summed E-state index contributed by atoms with van der Waals surface area (Å²) in [6.07, 6.45) is 2.62. The first-order valence-electron chi connectivity index (χ1n) is 7.41. The Bertz CT molecular complexity index is 516. The van der Waals surface area contributed by atoms with Crippen molar-refractivity contribution >= 4 is 5.91 Å². The van der Waals surface area contributed by atoms with E-state index in [1.165, 1.54) is 11.0 Å². The van der Waals surface area contributed by atoms with Crippen molar-refractivity contribution in [3.05, 3.63) is 35.6 Å². The van der Waals surface area contributed by atoms with Crippen molar-refractivity contribution < 1.29 is 9.18 Å². The van der Waals surface area contributed by atoms with Gasteiger partial charge in [-0.05, 0) is 18.9 Å². The first-order valence-corrected chi connectivity index (χ1v) is 7.41. The van der Waals surface area contributed by atoms with Crippen molar-refractivity contribution in [3.8, 4) is 6.07 Å². The highest BCUT2D eigenvalue weighted by molar-refractivity contribution is 5.85. The molecule has 0 N–H and O–H groups in total. The lowest BCUT2D eigenvalue weighted by molar-refractivity contribution is -0.139. The molecule has 0 saturated carbocycles. The minimum atomic E-state index is -0.983. The molecule has 1 aromatic rings. The molecule has 114 valence electrons. The largest absolute Gasteiger partial charge is 0.340 e. The topological polar surface area (TPSA) is 44.1 Å². The number of benzene rings is 1. The number of nitrogens with zero attached hydrogens (tertiary/aromatic N) is 2. The Morgan fingerprint density at radius 2 is 1.86 bits per heavy atom. The zero-order valence-corrected chi connectivity index (χ0v) is 13.0. The number of amides is 1. The third kappa shape index (κ3) is 4.04. The summed E-state index contributed by atoms with van der Waals surface area (Å²) in [5.74, 6) is -0.539. The van der Waals surface area contributed by atoms with Crippen molar-refractivity contribution in [3.63, 3.8) is 0 Å². The van der Waals surface area contributed by atoms with Gasteiger partial charge in [-0.3, -0.25) is 4.79 Å². The van der Waals surface area contributed by atoms with Crippen LogP contribution < -0.4 is 0 Å². The number of hydrogen-bond acceptors (Lipinski definition) is 2. The molecule has 0 bridgehead atoms. The fourth-order valence-electron chi connectivity index (χ4n) is 2.67. The zero-order valence-electron chi connectivity index (χ0n) is 13.0. The maximum absolute atomic E-state index is 13.7. The van der Waals surface area contributed by atoms with E-state index in [9.17, 15) is 14.4 Å². The van der Waals surface area contributed by atoms with E-state index in [0.29, 0.717) is 18.4 Å². The van der Waals surface area contributed by atoms with Gasteiger partial charge in [0.15, 0.2) is 0 Å². The van der Waals surface area contributed by atoms with E-state index in [1.807, 2.05) is 13.8 Å². The molecule has 0 radical (unpaired) electrons. The standard InChI is InChI=1S/C17H23FN2O/c1-4-10-17(13-19,11-5-2)16(21)20(3)12-14-8-6-7-9-15(14)18/h6-9H,4-5,10-12H2,1-3H3. The van der Waals surface area contributed by atoms with Gasteiger partial charge in [-0.2, -0.15) is 5.26 Å². The predicted molar refractivity (Wildman–Crippen MR) is 80.7 cm³/mol. The molecule has 0 aliphatic carbocycles. The first kappa shape index (κ1) is 17.2. The van der Waals surface area contributed by atoms with E-state index in [1.54, 1.807) is 25.2 Å². The summed E-state index contributed by atoms with van der Waals surface area (Å²) in [6, 6.07) is 8.61. The van der Waals surface area contributed by atoms with Crippen LogP contribution in [0.1, 0.15) is 45.1 Å². The van der Waals surface area contributed by atoms with E-state index in [2.05, 4.69) is 6.07 Å². The Hall–Kier alpha value is -1.89. The van der Waals surface area contributed by atoms with E-state index >= 15 is 0 Å². The average molecular weight is 290 g/mol. The molecule has 0 saturated heterocycles. The molecule has 1 aromatic carbocycles. The summed E-state index contributed by atoms with van der Waals surface area (Å²) in [4.78, 5) is 14.1. The van der Waals surface area contributed by atoms with Crippen LogP contribution in [0, 0.1) is 22.6 Å². The molecule has 1 amide bonds. The maximum atomic E-state index is 13.7. The molecule has 0 unspecified atom stereocenters. The van der Waals surface area contributed by atoms with Gasteiger partial charge in [0.25, 0.3) is 0 Å². The molecular formula is C17H23FN2O. The molecule has 0 aliphatic rings. The summed E-state index contributed by atoms with van der Waals surface area (Å²) >= 11 is 0. The molecule has 4 heteroatoms. The summed E-state index contributed by atoms with van der Waals surface area (Å²) in [7, 11) is 1.63. The third-order valence-electron chi connectivity index (χ3n) is 3.69. The van der Waals surface area contributed by atoms with Gasteiger partial charge in [0.2, 0.25) is 5.91 Å². The summed E-state index contributed by atoms with van der Waals surface area (Å²) in [5, 5.41) is 9.51. The Morgan fingerprint density at radius 3 is 2.33 bits per heavy atom. The van der Waals surface area contributed by atoms with E-state index in [0.717, 1.165) is 12.8 Å². The number of halogens is 1. The summed E-state index contributed by atoms with van der Waals surface area (Å²) < 4.78 is 13.7. The van der Waals surface area contributed by atoms with Crippen molar-refractivity contribution in [2.24, 2.45) is 5.41 Å². The summed E-state index contributed by atoms with van der Waals surface area (Å²) in [6.45, 7) is 4.11. The Balaban J connectivity index is 2.94. The first-order chi connectivity index (χ1) is 10.0. The van der Waals surface area contributed by atoms with Gasteiger partial charge in [-0.15, -0.1) is 0 Å². The van der Waals surface area contributed by atoms with Gasteiger partial charge >= 0.3 is 0 Å². The normalized spacial score (nSPS) is 11.0. The Morgan fingerprint density at radius 1 is 1.29 bits per heavy atom. The van der Waals surface area contributed by atoms with Crippen LogP contribution in [-0.2, 0) is 11.3 Å². The van der Waals surface area contributed by atoms with Crippen molar-refractivity contribution in [1.82, 2.24) is 4.90 Å². The van der Waals surface area contributed by atoms with E-state index < -0.39 is 5.41 Å². The van der Waals surface area contributed by atoms with Crippen molar-refractivity contribution in [2.45, 2.75) is 46.1 Å². The van der Waals surface area contributed by atoms with Crippen LogP contribution in [0.15, 0.2) is 24.3 Å². The number of carbonyl (C=O) groups excluding carboxylic acids is 1. The highest BCUT2D eigenvalue weighted by Crippen LogP contribution is 2.31. The number of hydrogen-bond donors (Lipinski definition) is 0. The minimum absolute atomic E-state index is 0.183. The predicted octanol–water partition coefficient (Wildman–Crippen LogP) is 3.89. The highest BCUT2D eigenvalue weighted by Gasteiger charge is 2.39. The van der Waals surface area contributed by atoms with E-state index in [-0.39, 0.29) is 18.3 Å². The molecular weight excluding hydrogens is 267 g/mol. The monoisotopic (exact) mass is 290 g/mol. The molecule has 21 heavy (non-hydrogen) atoms. The van der Waals surface area contributed by atoms with Crippen molar-refractivity contribution in [1.29, 1.82) is 5.26 Å². The van der Waals surface area contributed by atoms with Crippen LogP contribution in [-0.4, -0.2) is 17.9 Å². The third-order valence-corrected chi connectivity index (χ3v) is 3.69. The fourth-order valence-corrected chi connectivity index (χ4v) is 2.67. The number of carbonyl (C=O) groups is 1. The van der Waals surface area contributed by atoms with E-state index in [4.69, 9.17) is 0 Å². The van der Waals surface area contributed by atoms with Crippen LogP contribution in [0.2, 0.25) is 0 Å². The molecule has 0 spiro atoms. The van der Waals surface area contributed by atoms with Gasteiger partial charge in [0.1, 0.15) is 11.2 Å². The van der Waals surface area contributed by atoms with Gasteiger partial charge < -0.3 is 4.90 Å². The van der Waals surface area contributed by atoms with Crippen molar-refractivity contribution in [2.75, 3.05) is 7.05 Å². The van der Waals surface area contributed by atoms with Crippen LogP contribution in [0.4, 0.5) is 4.39 Å². The zero-order chi connectivity index (χ0) is 15.9. The summed E-state index contributed by atoms with van der Waals surface area (Å²) in [5.41, 5.74) is -0.517. The molecule has 0 fully saturated rings. The maximum Gasteiger partial charge on any atom is 0.243 e. The molecule has 0 aromatic heterocycles. The second-order valence-corrected chi connectivity index (χ2v) is 5.45. The van der Waals surface area contributed by atoms with Crippen LogP contribution in [0.3, 0.4) is 0 Å². The van der Waals surface area contributed by atoms with Gasteiger partial charge in [-0.25, -0.2) is 4.39 Å². The second kappa shape index (κ2) is 7.78. The lowest BCUT2D eigenvalue weighted by Crippen LogP contribution is -2.41. The number of nitriles is 1. The van der Waals surface area contributed by atoms with Crippen LogP contribution >= 0.6 is 0 Å². The Labute approximate surface area is 126 Å². The quantitative estimate of drug-likeness (QED) is 0.764. The van der Waals surface area contributed by atoms with Gasteiger partial charge in [-0.1, -0.05) is 44.9 Å². The van der Waals surface area contributed by atoms with Crippen LogP contribution in [0.25, 0.3) is 0 Å². The highest BCUT2D eigenvalue weighted by atomic mass is 19.1. The fraction of sp³-hybridized carbons (Fsp3) is 0.529. The molecule has 0 aliphatic heterocycles. The molecule has 1 rings (SSSR count).